The van der Waals surface area contributed by atoms with Crippen molar-refractivity contribution in [1.29, 1.82) is 0 Å². The summed E-state index contributed by atoms with van der Waals surface area (Å²) in [6, 6.07) is 7.42. The highest BCUT2D eigenvalue weighted by Gasteiger charge is 2.19. The van der Waals surface area contributed by atoms with Crippen LogP contribution >= 0.6 is 0 Å². The zero-order chi connectivity index (χ0) is 15.1. The first kappa shape index (κ1) is 16.0. The number of rotatable bonds is 7. The van der Waals surface area contributed by atoms with Gasteiger partial charge in [0.25, 0.3) is 5.91 Å². The third-order valence-electron chi connectivity index (χ3n) is 3.03. The minimum atomic E-state index is -0.907. The molecule has 0 radical (unpaired) electrons. The van der Waals surface area contributed by atoms with Gasteiger partial charge in [0.1, 0.15) is 5.75 Å². The number of hydrogen-bond donors (Lipinski definition) is 1. The van der Waals surface area contributed by atoms with Gasteiger partial charge in [-0.15, -0.1) is 0 Å². The van der Waals surface area contributed by atoms with E-state index in [9.17, 15) is 9.59 Å². The molecule has 1 rings (SSSR count). The van der Waals surface area contributed by atoms with Gasteiger partial charge in [-0.1, -0.05) is 24.6 Å². The summed E-state index contributed by atoms with van der Waals surface area (Å²) in [7, 11) is 0. The predicted molar refractivity (Wildman–Crippen MR) is 75.7 cm³/mol. The summed E-state index contributed by atoms with van der Waals surface area (Å²) in [6.07, 6.45) is 0. The highest BCUT2D eigenvalue weighted by Crippen LogP contribution is 2.11. The Balaban J connectivity index is 2.51. The minimum absolute atomic E-state index is 0.0801. The molecule has 0 bridgehead atoms. The van der Waals surface area contributed by atoms with E-state index in [2.05, 4.69) is 0 Å². The normalized spacial score (nSPS) is 11.8. The number of carboxylic acids is 1. The predicted octanol–water partition coefficient (Wildman–Crippen LogP) is 1.94. The van der Waals surface area contributed by atoms with Crippen molar-refractivity contribution in [2.24, 2.45) is 5.92 Å². The van der Waals surface area contributed by atoms with Crippen LogP contribution < -0.4 is 4.74 Å². The molecule has 0 aliphatic carbocycles. The van der Waals surface area contributed by atoms with Crippen molar-refractivity contribution in [3.8, 4) is 5.75 Å². The Hall–Kier alpha value is -2.04. The molecule has 1 aromatic carbocycles. The zero-order valence-corrected chi connectivity index (χ0v) is 12.1. The molecule has 0 saturated carbocycles. The van der Waals surface area contributed by atoms with E-state index < -0.39 is 11.9 Å². The Morgan fingerprint density at radius 3 is 2.40 bits per heavy atom. The van der Waals surface area contributed by atoms with Crippen molar-refractivity contribution in [1.82, 2.24) is 4.90 Å². The summed E-state index contributed by atoms with van der Waals surface area (Å²) < 4.78 is 5.41. The van der Waals surface area contributed by atoms with Crippen molar-refractivity contribution in [2.45, 2.75) is 20.8 Å². The fourth-order valence-corrected chi connectivity index (χ4v) is 1.69. The van der Waals surface area contributed by atoms with Gasteiger partial charge < -0.3 is 14.7 Å². The maximum atomic E-state index is 12.0. The molecule has 1 amide bonds. The van der Waals surface area contributed by atoms with Crippen LogP contribution in [0, 0.1) is 12.8 Å². The Labute approximate surface area is 119 Å². The number of nitrogens with zero attached hydrogens (tertiary/aromatic N) is 1. The van der Waals surface area contributed by atoms with Gasteiger partial charge in [0.15, 0.2) is 6.61 Å². The number of amides is 1. The van der Waals surface area contributed by atoms with Crippen molar-refractivity contribution >= 4 is 11.9 Å². The summed E-state index contributed by atoms with van der Waals surface area (Å²) in [6.45, 7) is 5.96. The van der Waals surface area contributed by atoms with Gasteiger partial charge in [-0.05, 0) is 26.0 Å². The number of ether oxygens (including phenoxy) is 1. The fraction of sp³-hybridized carbons (Fsp3) is 0.467. The van der Waals surface area contributed by atoms with Gasteiger partial charge >= 0.3 is 5.97 Å². The van der Waals surface area contributed by atoms with Gasteiger partial charge in [-0.3, -0.25) is 9.59 Å². The third kappa shape index (κ3) is 4.91. The summed E-state index contributed by atoms with van der Waals surface area (Å²) in [5.41, 5.74) is 1.12. The van der Waals surface area contributed by atoms with E-state index in [-0.39, 0.29) is 19.1 Å². The van der Waals surface area contributed by atoms with E-state index in [1.807, 2.05) is 26.0 Å². The lowest BCUT2D eigenvalue weighted by molar-refractivity contribution is -0.143. The van der Waals surface area contributed by atoms with Crippen LogP contribution in [0.15, 0.2) is 24.3 Å². The quantitative estimate of drug-likeness (QED) is 0.828. The van der Waals surface area contributed by atoms with E-state index in [1.54, 1.807) is 19.1 Å². The Morgan fingerprint density at radius 2 is 1.90 bits per heavy atom. The highest BCUT2D eigenvalue weighted by atomic mass is 16.5. The molecule has 0 saturated heterocycles. The maximum Gasteiger partial charge on any atom is 0.308 e. The van der Waals surface area contributed by atoms with Crippen LogP contribution in [0.2, 0.25) is 0 Å². The van der Waals surface area contributed by atoms with Crippen molar-refractivity contribution in [2.75, 3.05) is 19.7 Å². The monoisotopic (exact) mass is 279 g/mol. The first-order valence-electron chi connectivity index (χ1n) is 6.64. The van der Waals surface area contributed by atoms with Crippen LogP contribution in [0.1, 0.15) is 19.4 Å². The summed E-state index contributed by atoms with van der Waals surface area (Å²) >= 11 is 0. The molecule has 0 aliphatic rings. The molecule has 0 aliphatic heterocycles. The summed E-state index contributed by atoms with van der Waals surface area (Å²) in [5, 5.41) is 8.87. The van der Waals surface area contributed by atoms with Gasteiger partial charge in [-0.2, -0.15) is 0 Å². The van der Waals surface area contributed by atoms with Crippen molar-refractivity contribution in [3.63, 3.8) is 0 Å². The van der Waals surface area contributed by atoms with Gasteiger partial charge in [0, 0.05) is 13.1 Å². The van der Waals surface area contributed by atoms with Crippen LogP contribution in [-0.2, 0) is 9.59 Å². The molecule has 110 valence electrons. The molecule has 1 atom stereocenters. The first-order valence-corrected chi connectivity index (χ1v) is 6.64. The van der Waals surface area contributed by atoms with E-state index in [4.69, 9.17) is 9.84 Å². The highest BCUT2D eigenvalue weighted by molar-refractivity contribution is 5.78. The minimum Gasteiger partial charge on any atom is -0.484 e. The average Bonchev–Trinajstić information content (AvgIpc) is 2.43. The largest absolute Gasteiger partial charge is 0.484 e. The number of carboxylic acid groups (broad SMARTS) is 1. The smallest absolute Gasteiger partial charge is 0.308 e. The van der Waals surface area contributed by atoms with Crippen LogP contribution in [-0.4, -0.2) is 41.6 Å². The zero-order valence-electron chi connectivity index (χ0n) is 12.1. The molecule has 20 heavy (non-hydrogen) atoms. The lowest BCUT2D eigenvalue weighted by Crippen LogP contribution is -2.39. The number of benzene rings is 1. The molecule has 0 heterocycles. The second-order valence-corrected chi connectivity index (χ2v) is 4.77. The molecule has 1 unspecified atom stereocenters. The fourth-order valence-electron chi connectivity index (χ4n) is 1.69. The Kier molecular flexibility index (Phi) is 6.03. The molecule has 5 nitrogen and oxygen atoms in total. The van der Waals surface area contributed by atoms with E-state index >= 15 is 0 Å². The van der Waals surface area contributed by atoms with E-state index in [1.165, 1.54) is 4.90 Å². The van der Waals surface area contributed by atoms with Crippen LogP contribution in [0.3, 0.4) is 0 Å². The van der Waals surface area contributed by atoms with Gasteiger partial charge in [0.05, 0.1) is 5.92 Å². The first-order chi connectivity index (χ1) is 9.43. The topological polar surface area (TPSA) is 66.8 Å². The second kappa shape index (κ2) is 7.53. The van der Waals surface area contributed by atoms with E-state index in [0.717, 1.165) is 5.56 Å². The average molecular weight is 279 g/mol. The van der Waals surface area contributed by atoms with E-state index in [0.29, 0.717) is 12.3 Å². The van der Waals surface area contributed by atoms with Crippen LogP contribution in [0.4, 0.5) is 0 Å². The summed E-state index contributed by atoms with van der Waals surface area (Å²) in [5.74, 6) is -1.07. The number of likely N-dealkylation sites (N-methyl/N-ethyl adjacent to an activating group) is 1. The summed E-state index contributed by atoms with van der Waals surface area (Å²) in [4.78, 5) is 24.3. The molecule has 0 spiro atoms. The number of aliphatic carboxylic acids is 1. The van der Waals surface area contributed by atoms with Crippen LogP contribution in [0.5, 0.6) is 5.75 Å². The second-order valence-electron chi connectivity index (χ2n) is 4.77. The van der Waals surface area contributed by atoms with Crippen molar-refractivity contribution in [3.05, 3.63) is 29.8 Å². The van der Waals surface area contributed by atoms with Gasteiger partial charge in [-0.25, -0.2) is 0 Å². The molecular weight excluding hydrogens is 258 g/mol. The number of hydrogen-bond acceptors (Lipinski definition) is 3. The third-order valence-corrected chi connectivity index (χ3v) is 3.03. The lowest BCUT2D eigenvalue weighted by Gasteiger charge is -2.22. The maximum absolute atomic E-state index is 12.0. The molecular formula is C15H21NO4. The number of aryl methyl sites for hydroxylation is 1. The number of carbonyl (C=O) groups excluding carboxylic acids is 1. The molecule has 1 aromatic rings. The molecule has 5 heteroatoms. The number of carbonyl (C=O) groups is 2. The molecule has 0 aromatic heterocycles. The molecule has 0 fully saturated rings. The Morgan fingerprint density at radius 1 is 1.30 bits per heavy atom. The van der Waals surface area contributed by atoms with Gasteiger partial charge in [0.2, 0.25) is 0 Å². The van der Waals surface area contributed by atoms with Crippen molar-refractivity contribution < 1.29 is 19.4 Å². The SMILES string of the molecule is CCN(CC(C)C(=O)O)C(=O)COc1ccc(C)cc1. The standard InChI is InChI=1S/C15H21NO4/c1-4-16(9-12(3)15(18)19)14(17)10-20-13-7-5-11(2)6-8-13/h5-8,12H,4,9-10H2,1-3H3,(H,18,19). The lowest BCUT2D eigenvalue weighted by atomic mass is 10.1. The van der Waals surface area contributed by atoms with Crippen LogP contribution in [0.25, 0.3) is 0 Å². The Bertz CT molecular complexity index is 455. The molecule has 1 N–H and O–H groups in total.